The smallest absolute Gasteiger partial charge is 0.254 e. The van der Waals surface area contributed by atoms with Crippen molar-refractivity contribution in [2.75, 3.05) is 0 Å². The highest BCUT2D eigenvalue weighted by Gasteiger charge is 2.20. The Morgan fingerprint density at radius 3 is 2.68 bits per heavy atom. The van der Waals surface area contributed by atoms with E-state index in [9.17, 15) is 9.59 Å². The molecule has 1 atom stereocenters. The fourth-order valence-electron chi connectivity index (χ4n) is 2.38. The van der Waals surface area contributed by atoms with Crippen molar-refractivity contribution in [2.45, 2.75) is 40.2 Å². The lowest BCUT2D eigenvalue weighted by Gasteiger charge is -2.21. The van der Waals surface area contributed by atoms with Crippen LogP contribution in [0.4, 0.5) is 0 Å². The fourth-order valence-corrected chi connectivity index (χ4v) is 3.33. The van der Waals surface area contributed by atoms with Gasteiger partial charge in [-0.3, -0.25) is 9.59 Å². The second-order valence-electron chi connectivity index (χ2n) is 5.70. The first-order valence-corrected chi connectivity index (χ1v) is 8.15. The van der Waals surface area contributed by atoms with Gasteiger partial charge in [0.15, 0.2) is 0 Å². The van der Waals surface area contributed by atoms with Crippen molar-refractivity contribution in [3.63, 3.8) is 0 Å². The maximum Gasteiger partial charge on any atom is 0.254 e. The van der Waals surface area contributed by atoms with E-state index in [2.05, 4.69) is 29.1 Å². The average Bonchev–Trinajstić information content (AvgIpc) is 2.93. The molecular weight excluding hydrogens is 298 g/mol. The minimum Gasteiger partial charge on any atom is -0.348 e. The van der Waals surface area contributed by atoms with Crippen LogP contribution in [0.3, 0.4) is 0 Å². The summed E-state index contributed by atoms with van der Waals surface area (Å²) in [6, 6.07) is 3.95. The Morgan fingerprint density at radius 2 is 2.14 bits per heavy atom. The molecule has 2 aromatic heterocycles. The second-order valence-corrected chi connectivity index (χ2v) is 6.68. The first-order chi connectivity index (χ1) is 10.4. The Kier molecular flexibility index (Phi) is 5.13. The highest BCUT2D eigenvalue weighted by atomic mass is 32.1. The van der Waals surface area contributed by atoms with Crippen LogP contribution in [-0.4, -0.2) is 15.9 Å². The lowest BCUT2D eigenvalue weighted by atomic mass is 10.0. The first-order valence-electron chi connectivity index (χ1n) is 7.27. The van der Waals surface area contributed by atoms with Gasteiger partial charge >= 0.3 is 0 Å². The number of nitrogens with zero attached hydrogens (tertiary/aromatic N) is 1. The molecule has 0 radical (unpaired) electrons. The first kappa shape index (κ1) is 16.4. The number of rotatable bonds is 5. The molecule has 0 saturated heterocycles. The van der Waals surface area contributed by atoms with Gasteiger partial charge in [0.2, 0.25) is 5.91 Å². The molecule has 118 valence electrons. The zero-order valence-electron chi connectivity index (χ0n) is 13.3. The number of nitrogens with one attached hydrogen (secondary N) is 2. The van der Waals surface area contributed by atoms with Gasteiger partial charge in [0.1, 0.15) is 5.82 Å². The van der Waals surface area contributed by atoms with Crippen LogP contribution in [0.5, 0.6) is 0 Å². The van der Waals surface area contributed by atoms with Crippen LogP contribution in [0.2, 0.25) is 0 Å². The Bertz CT molecular complexity index is 705. The molecule has 2 N–H and O–H groups in total. The molecule has 0 aliphatic carbocycles. The molecule has 0 aromatic carbocycles. The summed E-state index contributed by atoms with van der Waals surface area (Å²) in [5, 5.41) is 5.02. The summed E-state index contributed by atoms with van der Waals surface area (Å²) in [6.45, 7) is 7.61. The quantitative estimate of drug-likeness (QED) is 0.889. The van der Waals surface area contributed by atoms with E-state index < -0.39 is 0 Å². The predicted octanol–water partition coefficient (Wildman–Crippen LogP) is 2.50. The van der Waals surface area contributed by atoms with E-state index in [0.29, 0.717) is 17.1 Å². The second kappa shape index (κ2) is 6.87. The third kappa shape index (κ3) is 3.82. The zero-order chi connectivity index (χ0) is 16.3. The van der Waals surface area contributed by atoms with Gasteiger partial charge in [-0.05, 0) is 31.2 Å². The molecule has 2 heterocycles. The van der Waals surface area contributed by atoms with Gasteiger partial charge in [0.05, 0.1) is 12.5 Å². The van der Waals surface area contributed by atoms with Crippen LogP contribution in [0.15, 0.2) is 22.3 Å². The summed E-state index contributed by atoms with van der Waals surface area (Å²) >= 11 is 1.62. The maximum absolute atomic E-state index is 12.3. The highest BCUT2D eigenvalue weighted by Crippen LogP contribution is 2.25. The van der Waals surface area contributed by atoms with Crippen molar-refractivity contribution in [2.24, 2.45) is 5.92 Å². The fraction of sp³-hybridized carbons (Fsp3) is 0.438. The lowest BCUT2D eigenvalue weighted by molar-refractivity contribution is -0.121. The summed E-state index contributed by atoms with van der Waals surface area (Å²) in [4.78, 5) is 32.3. The molecule has 0 aliphatic rings. The summed E-state index contributed by atoms with van der Waals surface area (Å²) in [7, 11) is 0. The predicted molar refractivity (Wildman–Crippen MR) is 88.1 cm³/mol. The van der Waals surface area contributed by atoms with Gasteiger partial charge in [-0.2, -0.15) is 0 Å². The molecule has 0 aliphatic heterocycles. The van der Waals surface area contributed by atoms with Crippen molar-refractivity contribution in [1.29, 1.82) is 0 Å². The third-order valence-electron chi connectivity index (χ3n) is 3.51. The number of aromatic amines is 1. The zero-order valence-corrected chi connectivity index (χ0v) is 14.1. The Hall–Kier alpha value is -1.95. The van der Waals surface area contributed by atoms with E-state index >= 15 is 0 Å². The lowest BCUT2D eigenvalue weighted by Crippen LogP contribution is -2.34. The number of H-pyrrole nitrogens is 1. The van der Waals surface area contributed by atoms with Gasteiger partial charge < -0.3 is 10.3 Å². The van der Waals surface area contributed by atoms with Gasteiger partial charge in [0.25, 0.3) is 5.56 Å². The molecule has 0 bridgehead atoms. The van der Waals surface area contributed by atoms with Crippen molar-refractivity contribution in [1.82, 2.24) is 15.3 Å². The summed E-state index contributed by atoms with van der Waals surface area (Å²) in [5.41, 5.74) is 0.794. The van der Waals surface area contributed by atoms with Crippen LogP contribution in [0, 0.1) is 19.8 Å². The molecule has 0 saturated carbocycles. The number of aryl methyl sites for hydroxylation is 2. The van der Waals surface area contributed by atoms with Gasteiger partial charge in [-0.1, -0.05) is 19.9 Å². The van der Waals surface area contributed by atoms with Crippen molar-refractivity contribution >= 4 is 17.2 Å². The molecule has 6 heteroatoms. The molecule has 0 fully saturated rings. The third-order valence-corrected chi connectivity index (χ3v) is 4.47. The van der Waals surface area contributed by atoms with Crippen molar-refractivity contribution in [3.8, 4) is 0 Å². The minimum absolute atomic E-state index is 0.0368. The van der Waals surface area contributed by atoms with Crippen LogP contribution in [-0.2, 0) is 11.2 Å². The molecule has 1 amide bonds. The van der Waals surface area contributed by atoms with E-state index in [1.165, 1.54) is 0 Å². The Balaban J connectivity index is 2.14. The molecular formula is C16H21N3O2S. The summed E-state index contributed by atoms with van der Waals surface area (Å²) in [6.07, 6.45) is 0.0447. The van der Waals surface area contributed by atoms with E-state index in [4.69, 9.17) is 0 Å². The van der Waals surface area contributed by atoms with Gasteiger partial charge in [-0.15, -0.1) is 11.3 Å². The molecule has 2 rings (SSSR count). The standard InChI is InChI=1S/C16H21N3O2S/c1-9(2)15(13-6-5-7-22-13)19-14(20)8-12-10(3)17-11(4)18-16(12)21/h5-7,9,15H,8H2,1-4H3,(H,19,20)(H,17,18,21)/t15-/m1/s1. The van der Waals surface area contributed by atoms with Crippen LogP contribution < -0.4 is 10.9 Å². The van der Waals surface area contributed by atoms with E-state index in [1.54, 1.807) is 25.2 Å². The normalized spacial score (nSPS) is 12.4. The number of carbonyl (C=O) groups excluding carboxylic acids is 1. The van der Waals surface area contributed by atoms with Crippen molar-refractivity contribution < 1.29 is 4.79 Å². The number of aromatic nitrogens is 2. The molecule has 22 heavy (non-hydrogen) atoms. The highest BCUT2D eigenvalue weighted by molar-refractivity contribution is 7.10. The number of hydrogen-bond acceptors (Lipinski definition) is 4. The van der Waals surface area contributed by atoms with E-state index in [0.717, 1.165) is 4.88 Å². The topological polar surface area (TPSA) is 74.8 Å². The summed E-state index contributed by atoms with van der Waals surface area (Å²) < 4.78 is 0. The molecule has 0 spiro atoms. The van der Waals surface area contributed by atoms with Crippen LogP contribution in [0.1, 0.15) is 41.8 Å². The number of amides is 1. The van der Waals surface area contributed by atoms with Crippen LogP contribution in [0.25, 0.3) is 0 Å². The van der Waals surface area contributed by atoms with Gasteiger partial charge in [0, 0.05) is 16.1 Å². The Morgan fingerprint density at radius 1 is 1.41 bits per heavy atom. The van der Waals surface area contributed by atoms with Crippen molar-refractivity contribution in [3.05, 3.63) is 49.8 Å². The maximum atomic E-state index is 12.3. The number of hydrogen-bond donors (Lipinski definition) is 2. The van der Waals surface area contributed by atoms with E-state index in [-0.39, 0.29) is 29.8 Å². The Labute approximate surface area is 133 Å². The molecule has 0 unspecified atom stereocenters. The molecule has 5 nitrogen and oxygen atoms in total. The number of carbonyl (C=O) groups is 1. The SMILES string of the molecule is Cc1nc(C)c(CC(=O)N[C@@H](c2cccs2)C(C)C)c(=O)[nH]1. The molecule has 2 aromatic rings. The monoisotopic (exact) mass is 319 g/mol. The largest absolute Gasteiger partial charge is 0.348 e. The van der Waals surface area contributed by atoms with Gasteiger partial charge in [-0.25, -0.2) is 4.98 Å². The summed E-state index contributed by atoms with van der Waals surface area (Å²) in [5.74, 6) is 0.676. The minimum atomic E-state index is -0.239. The average molecular weight is 319 g/mol. The van der Waals surface area contributed by atoms with Crippen LogP contribution >= 0.6 is 11.3 Å². The van der Waals surface area contributed by atoms with E-state index in [1.807, 2.05) is 17.5 Å². The number of thiophene rings is 1.